The fourth-order valence-corrected chi connectivity index (χ4v) is 20.3. The molecule has 0 aliphatic heterocycles. The third-order valence-corrected chi connectivity index (χ3v) is 20.3. The second kappa shape index (κ2) is 14.8. The van der Waals surface area contributed by atoms with Crippen LogP contribution in [0.1, 0.15) is 101 Å². The Bertz CT molecular complexity index is 322. The standard InChI is InChI=1S/C9H21OSi.3C4H9O.Zr/c1-4-7-11(10,8-5-2)9-6-3;3*1-3-4(2)5;/h4-9H2,1-3H3;3*4H,3H2,1-2H3;/q4*-1;+4. The quantitative estimate of drug-likeness (QED) is 0.201. The molecule has 0 N–H and O–H groups in total. The van der Waals surface area contributed by atoms with E-state index in [1.54, 1.807) is 0 Å². The number of hydrogen-bond acceptors (Lipinski definition) is 4. The SMILES string of the molecule is CCC[Si](CCC)(CCC)[O][Zr]([O]C(C)CC)([O]C(C)CC)[O]C(C)CC. The van der Waals surface area contributed by atoms with Crippen LogP contribution in [0, 0.1) is 0 Å². The topological polar surface area (TPSA) is 36.9 Å². The first-order valence-corrected chi connectivity index (χ1v) is 18.0. The van der Waals surface area contributed by atoms with E-state index in [4.69, 9.17) is 10.9 Å². The van der Waals surface area contributed by atoms with E-state index in [-0.39, 0.29) is 18.3 Å². The molecule has 3 unspecified atom stereocenters. The van der Waals surface area contributed by atoms with Crippen molar-refractivity contribution >= 4 is 8.32 Å². The fourth-order valence-electron chi connectivity index (χ4n) is 3.30. The van der Waals surface area contributed by atoms with Crippen LogP contribution in [0.3, 0.4) is 0 Å². The van der Waals surface area contributed by atoms with Gasteiger partial charge in [-0.3, -0.25) is 0 Å². The van der Waals surface area contributed by atoms with Crippen LogP contribution in [0.5, 0.6) is 0 Å². The number of rotatable bonds is 17. The zero-order chi connectivity index (χ0) is 20.9. The molecular weight excluding hydrogens is 436 g/mol. The molecule has 0 saturated heterocycles. The van der Waals surface area contributed by atoms with Crippen LogP contribution in [-0.4, -0.2) is 26.6 Å². The summed E-state index contributed by atoms with van der Waals surface area (Å²) in [5.41, 5.74) is 0. The first kappa shape index (κ1) is 27.9. The molecule has 0 bridgehead atoms. The monoisotopic (exact) mass is 482 g/mol. The van der Waals surface area contributed by atoms with Crippen molar-refractivity contribution in [1.29, 1.82) is 0 Å². The van der Waals surface area contributed by atoms with Gasteiger partial charge in [-0.15, -0.1) is 0 Å². The van der Waals surface area contributed by atoms with Gasteiger partial charge in [0.25, 0.3) is 0 Å². The van der Waals surface area contributed by atoms with Crippen molar-refractivity contribution in [2.75, 3.05) is 0 Å². The van der Waals surface area contributed by atoms with Crippen molar-refractivity contribution in [3.63, 3.8) is 0 Å². The van der Waals surface area contributed by atoms with E-state index in [1.807, 2.05) is 0 Å². The summed E-state index contributed by atoms with van der Waals surface area (Å²) in [7, 11) is -1.95. The second-order valence-electron chi connectivity index (χ2n) is 8.05. The Morgan fingerprint density at radius 3 is 1.11 bits per heavy atom. The Labute approximate surface area is 178 Å². The Balaban J connectivity index is 6.00. The van der Waals surface area contributed by atoms with Crippen LogP contribution in [-0.2, 0) is 33.0 Å². The third kappa shape index (κ3) is 10.5. The van der Waals surface area contributed by atoms with E-state index in [0.717, 1.165) is 38.5 Å². The molecular formula is C21H48O4SiZr. The van der Waals surface area contributed by atoms with Gasteiger partial charge in [0.15, 0.2) is 0 Å². The van der Waals surface area contributed by atoms with Crippen molar-refractivity contribution in [1.82, 2.24) is 0 Å². The van der Waals surface area contributed by atoms with E-state index in [9.17, 15) is 0 Å². The van der Waals surface area contributed by atoms with Crippen molar-refractivity contribution in [2.45, 2.75) is 137 Å². The molecule has 27 heavy (non-hydrogen) atoms. The maximum absolute atomic E-state index is 7.15. The molecule has 0 saturated carbocycles. The molecule has 0 rings (SSSR count). The maximum atomic E-state index is 7.15. The average Bonchev–Trinajstić information content (AvgIpc) is 2.61. The molecule has 4 nitrogen and oxygen atoms in total. The third-order valence-electron chi connectivity index (χ3n) is 5.22. The summed E-state index contributed by atoms with van der Waals surface area (Å²) in [6.45, 7) is 19.7. The van der Waals surface area contributed by atoms with Gasteiger partial charge in [-0.1, -0.05) is 0 Å². The zero-order valence-electron chi connectivity index (χ0n) is 19.7. The minimum atomic E-state index is -4.18. The van der Waals surface area contributed by atoms with Crippen LogP contribution < -0.4 is 0 Å². The molecule has 164 valence electrons. The summed E-state index contributed by atoms with van der Waals surface area (Å²) in [6.07, 6.45) is 6.61. The summed E-state index contributed by atoms with van der Waals surface area (Å²) >= 11 is -4.18. The summed E-state index contributed by atoms with van der Waals surface area (Å²) in [4.78, 5) is 0. The molecule has 0 spiro atoms. The molecule has 0 aromatic carbocycles. The van der Waals surface area contributed by atoms with Crippen LogP contribution in [0.15, 0.2) is 0 Å². The van der Waals surface area contributed by atoms with Crippen molar-refractivity contribution < 1.29 is 33.0 Å². The van der Waals surface area contributed by atoms with Gasteiger partial charge >= 0.3 is 179 Å². The Hall–Kier alpha value is 0.940. The van der Waals surface area contributed by atoms with E-state index >= 15 is 0 Å². The van der Waals surface area contributed by atoms with E-state index in [1.165, 1.54) is 18.1 Å². The average molecular weight is 484 g/mol. The fraction of sp³-hybridized carbons (Fsp3) is 1.00. The predicted molar refractivity (Wildman–Crippen MR) is 115 cm³/mol. The molecule has 0 aliphatic carbocycles. The van der Waals surface area contributed by atoms with Crippen molar-refractivity contribution in [2.24, 2.45) is 0 Å². The normalized spacial score (nSPS) is 18.1. The van der Waals surface area contributed by atoms with Gasteiger partial charge in [0.1, 0.15) is 0 Å². The van der Waals surface area contributed by atoms with Crippen LogP contribution in [0.2, 0.25) is 18.1 Å². The van der Waals surface area contributed by atoms with Crippen LogP contribution in [0.25, 0.3) is 0 Å². The van der Waals surface area contributed by atoms with Crippen LogP contribution >= 0.6 is 0 Å². The zero-order valence-corrected chi connectivity index (χ0v) is 23.2. The minimum absolute atomic E-state index is 0.102. The molecule has 3 atom stereocenters. The molecule has 0 aliphatic rings. The van der Waals surface area contributed by atoms with Gasteiger partial charge < -0.3 is 0 Å². The Morgan fingerprint density at radius 2 is 0.889 bits per heavy atom. The molecule has 0 amide bonds. The van der Waals surface area contributed by atoms with Crippen LogP contribution in [0.4, 0.5) is 0 Å². The predicted octanol–water partition coefficient (Wildman–Crippen LogP) is 7.44. The molecule has 0 aromatic heterocycles. The first-order chi connectivity index (χ1) is 12.8. The summed E-state index contributed by atoms with van der Waals surface area (Å²) in [5.74, 6) is 0. The van der Waals surface area contributed by atoms with Gasteiger partial charge in [0.05, 0.1) is 0 Å². The Kier molecular flexibility index (Phi) is 15.4. The molecule has 0 heterocycles. The van der Waals surface area contributed by atoms with Crippen molar-refractivity contribution in [3.05, 3.63) is 0 Å². The summed E-state index contributed by atoms with van der Waals surface area (Å²) < 4.78 is 27.0. The molecule has 0 radical (unpaired) electrons. The number of hydrogen-bond donors (Lipinski definition) is 0. The van der Waals surface area contributed by atoms with Gasteiger partial charge in [-0.05, 0) is 0 Å². The van der Waals surface area contributed by atoms with E-state index < -0.39 is 30.3 Å². The molecule has 6 heteroatoms. The van der Waals surface area contributed by atoms with E-state index in [0.29, 0.717) is 0 Å². The van der Waals surface area contributed by atoms with Crippen molar-refractivity contribution in [3.8, 4) is 0 Å². The molecule has 0 fully saturated rings. The molecule has 0 aromatic rings. The van der Waals surface area contributed by atoms with Gasteiger partial charge in [0.2, 0.25) is 0 Å². The Morgan fingerprint density at radius 1 is 0.593 bits per heavy atom. The van der Waals surface area contributed by atoms with Gasteiger partial charge in [0, 0.05) is 0 Å². The van der Waals surface area contributed by atoms with Gasteiger partial charge in [-0.2, -0.15) is 0 Å². The first-order valence-electron chi connectivity index (χ1n) is 11.5. The van der Waals surface area contributed by atoms with E-state index in [2.05, 4.69) is 62.3 Å². The second-order valence-corrected chi connectivity index (χ2v) is 17.8. The summed E-state index contributed by atoms with van der Waals surface area (Å²) in [5, 5.41) is 0. The summed E-state index contributed by atoms with van der Waals surface area (Å²) in [6, 6.07) is 3.51. The van der Waals surface area contributed by atoms with Gasteiger partial charge in [-0.25, -0.2) is 0 Å².